The molecule has 0 heterocycles. The first-order valence-electron chi connectivity index (χ1n) is 8.66. The van der Waals surface area contributed by atoms with Gasteiger partial charge in [-0.15, -0.1) is 0 Å². The van der Waals surface area contributed by atoms with Crippen LogP contribution in [0.4, 0.5) is 0 Å². The minimum atomic E-state index is -1.17. The minimum absolute atomic E-state index is 0.253. The Morgan fingerprint density at radius 2 is 2.04 bits per heavy atom. The number of carboxylic acids is 1. The van der Waals surface area contributed by atoms with E-state index in [0.29, 0.717) is 18.8 Å². The summed E-state index contributed by atoms with van der Waals surface area (Å²) < 4.78 is 10.8. The molecule has 2 N–H and O–H groups in total. The van der Waals surface area contributed by atoms with Crippen LogP contribution in [0.1, 0.15) is 45.1 Å². The number of hydrogen-bond acceptors (Lipinski definition) is 4. The van der Waals surface area contributed by atoms with Gasteiger partial charge in [-0.1, -0.05) is 19.1 Å². The number of rotatable bonds is 7. The summed E-state index contributed by atoms with van der Waals surface area (Å²) in [5.41, 5.74) is -0.282. The van der Waals surface area contributed by atoms with Crippen molar-refractivity contribution in [3.63, 3.8) is 0 Å². The van der Waals surface area contributed by atoms with Gasteiger partial charge in [0, 0.05) is 0 Å². The van der Waals surface area contributed by atoms with Gasteiger partial charge in [-0.3, -0.25) is 4.79 Å². The predicted molar refractivity (Wildman–Crippen MR) is 93.4 cm³/mol. The van der Waals surface area contributed by atoms with Crippen molar-refractivity contribution in [2.75, 3.05) is 7.11 Å². The lowest BCUT2D eigenvalue weighted by Gasteiger charge is -2.37. The van der Waals surface area contributed by atoms with Crippen LogP contribution < -0.4 is 10.1 Å². The fourth-order valence-corrected chi connectivity index (χ4v) is 3.04. The quantitative estimate of drug-likeness (QED) is 0.791. The van der Waals surface area contributed by atoms with Crippen molar-refractivity contribution >= 4 is 11.9 Å². The maximum absolute atomic E-state index is 12.4. The van der Waals surface area contributed by atoms with Crippen LogP contribution in [0.5, 0.6) is 5.75 Å². The summed E-state index contributed by atoms with van der Waals surface area (Å²) >= 11 is 0. The smallest absolute Gasteiger partial charge is 0.329 e. The molecule has 1 aliphatic rings. The second kappa shape index (κ2) is 8.34. The molecule has 1 amide bonds. The highest BCUT2D eigenvalue weighted by Crippen LogP contribution is 2.32. The molecule has 1 aromatic carbocycles. The Labute approximate surface area is 148 Å². The van der Waals surface area contributed by atoms with Crippen LogP contribution in [-0.4, -0.2) is 35.7 Å². The molecule has 6 heteroatoms. The predicted octanol–water partition coefficient (Wildman–Crippen LogP) is 2.75. The van der Waals surface area contributed by atoms with Gasteiger partial charge in [0.1, 0.15) is 17.4 Å². The molecular weight excluding hydrogens is 322 g/mol. The van der Waals surface area contributed by atoms with E-state index < -0.39 is 17.6 Å². The van der Waals surface area contributed by atoms with Crippen LogP contribution in [0.15, 0.2) is 24.3 Å². The van der Waals surface area contributed by atoms with E-state index in [1.54, 1.807) is 14.0 Å². The molecule has 0 aliphatic heterocycles. The van der Waals surface area contributed by atoms with E-state index in [9.17, 15) is 14.7 Å². The molecule has 1 unspecified atom stereocenters. The molecule has 0 bridgehead atoms. The number of carbonyl (C=O) groups is 2. The lowest BCUT2D eigenvalue weighted by Crippen LogP contribution is -2.58. The number of amides is 1. The standard InChI is InChI=1S/C19H27NO5/c1-13-7-9-19(10-8-13,18(22)23)20-17(21)14(2)25-12-15-5-4-6-16(11-15)24-3/h4-6,11,13-14H,7-10,12H2,1-3H3,(H,20,21)(H,22,23). The Balaban J connectivity index is 1.93. The van der Waals surface area contributed by atoms with Gasteiger partial charge in [-0.05, 0) is 56.2 Å². The molecule has 6 nitrogen and oxygen atoms in total. The topological polar surface area (TPSA) is 84.9 Å². The summed E-state index contributed by atoms with van der Waals surface area (Å²) in [6, 6.07) is 7.41. The van der Waals surface area contributed by atoms with Gasteiger partial charge in [-0.2, -0.15) is 0 Å². The summed E-state index contributed by atoms with van der Waals surface area (Å²) in [7, 11) is 1.59. The van der Waals surface area contributed by atoms with Crippen molar-refractivity contribution in [1.82, 2.24) is 5.32 Å². The molecule has 1 fully saturated rings. The zero-order valence-corrected chi connectivity index (χ0v) is 15.1. The molecule has 138 valence electrons. The van der Waals surface area contributed by atoms with E-state index in [0.717, 1.165) is 24.2 Å². The Kier molecular flexibility index (Phi) is 6.42. The second-order valence-electron chi connectivity index (χ2n) is 6.86. The lowest BCUT2D eigenvalue weighted by atomic mass is 9.77. The highest BCUT2D eigenvalue weighted by atomic mass is 16.5. The number of carboxylic acid groups (broad SMARTS) is 1. The largest absolute Gasteiger partial charge is 0.497 e. The summed E-state index contributed by atoms with van der Waals surface area (Å²) in [4.78, 5) is 24.1. The third kappa shape index (κ3) is 4.95. The van der Waals surface area contributed by atoms with Crippen molar-refractivity contribution in [3.8, 4) is 5.75 Å². The fraction of sp³-hybridized carbons (Fsp3) is 0.579. The lowest BCUT2D eigenvalue weighted by molar-refractivity contribution is -0.152. The van der Waals surface area contributed by atoms with E-state index in [4.69, 9.17) is 9.47 Å². The van der Waals surface area contributed by atoms with Crippen molar-refractivity contribution in [2.24, 2.45) is 5.92 Å². The number of carbonyl (C=O) groups excluding carboxylic acids is 1. The first kappa shape index (κ1) is 19.2. The zero-order chi connectivity index (χ0) is 18.4. The highest BCUT2D eigenvalue weighted by molar-refractivity contribution is 5.89. The number of benzene rings is 1. The molecule has 0 radical (unpaired) electrons. The van der Waals surface area contributed by atoms with Crippen molar-refractivity contribution in [2.45, 2.75) is 57.8 Å². The molecule has 0 spiro atoms. The molecule has 25 heavy (non-hydrogen) atoms. The molecule has 1 saturated carbocycles. The highest BCUT2D eigenvalue weighted by Gasteiger charge is 2.43. The number of hydrogen-bond donors (Lipinski definition) is 2. The van der Waals surface area contributed by atoms with E-state index >= 15 is 0 Å². The third-order valence-corrected chi connectivity index (χ3v) is 4.90. The molecular formula is C19H27NO5. The maximum Gasteiger partial charge on any atom is 0.329 e. The summed E-state index contributed by atoms with van der Waals surface area (Å²) in [5.74, 6) is -0.141. The average molecular weight is 349 g/mol. The zero-order valence-electron chi connectivity index (χ0n) is 15.1. The van der Waals surface area contributed by atoms with Crippen LogP contribution >= 0.6 is 0 Å². The molecule has 2 rings (SSSR count). The maximum atomic E-state index is 12.4. The van der Waals surface area contributed by atoms with Crippen LogP contribution in [-0.2, 0) is 20.9 Å². The molecule has 1 aromatic rings. The van der Waals surface area contributed by atoms with E-state index in [1.165, 1.54) is 0 Å². The molecule has 0 aromatic heterocycles. The first-order chi connectivity index (χ1) is 11.9. The number of ether oxygens (including phenoxy) is 2. The Morgan fingerprint density at radius 3 is 2.64 bits per heavy atom. The first-order valence-corrected chi connectivity index (χ1v) is 8.66. The van der Waals surface area contributed by atoms with E-state index in [-0.39, 0.29) is 12.5 Å². The van der Waals surface area contributed by atoms with Crippen molar-refractivity contribution < 1.29 is 24.2 Å². The average Bonchev–Trinajstić information content (AvgIpc) is 2.61. The van der Waals surface area contributed by atoms with Crippen LogP contribution in [0.25, 0.3) is 0 Å². The van der Waals surface area contributed by atoms with Gasteiger partial charge in [-0.25, -0.2) is 4.79 Å². The second-order valence-corrected chi connectivity index (χ2v) is 6.86. The van der Waals surface area contributed by atoms with Gasteiger partial charge in [0.15, 0.2) is 0 Å². The van der Waals surface area contributed by atoms with Crippen molar-refractivity contribution in [3.05, 3.63) is 29.8 Å². The molecule has 0 saturated heterocycles. The SMILES string of the molecule is COc1cccc(COC(C)C(=O)NC2(C(=O)O)CCC(C)CC2)c1. The normalized spacial score (nSPS) is 24.4. The summed E-state index contributed by atoms with van der Waals surface area (Å²) in [6.45, 7) is 3.99. The van der Waals surface area contributed by atoms with Gasteiger partial charge in [0.25, 0.3) is 0 Å². The van der Waals surface area contributed by atoms with Gasteiger partial charge in [0.05, 0.1) is 13.7 Å². The van der Waals surface area contributed by atoms with E-state index in [1.807, 2.05) is 24.3 Å². The van der Waals surface area contributed by atoms with Crippen LogP contribution in [0, 0.1) is 5.92 Å². The Bertz CT molecular complexity index is 608. The van der Waals surface area contributed by atoms with Gasteiger partial charge in [0.2, 0.25) is 5.91 Å². The number of nitrogens with one attached hydrogen (secondary N) is 1. The van der Waals surface area contributed by atoms with Crippen LogP contribution in [0.3, 0.4) is 0 Å². The van der Waals surface area contributed by atoms with Gasteiger partial charge >= 0.3 is 5.97 Å². The Morgan fingerprint density at radius 1 is 1.36 bits per heavy atom. The Hall–Kier alpha value is -2.08. The summed E-state index contributed by atoms with van der Waals surface area (Å²) in [5, 5.41) is 12.3. The summed E-state index contributed by atoms with van der Waals surface area (Å²) in [6.07, 6.45) is 1.77. The van der Waals surface area contributed by atoms with Crippen molar-refractivity contribution in [1.29, 1.82) is 0 Å². The fourth-order valence-electron chi connectivity index (χ4n) is 3.04. The molecule has 1 aliphatic carbocycles. The van der Waals surface area contributed by atoms with Crippen LogP contribution in [0.2, 0.25) is 0 Å². The molecule has 1 atom stereocenters. The van der Waals surface area contributed by atoms with Gasteiger partial charge < -0.3 is 19.9 Å². The van der Waals surface area contributed by atoms with E-state index in [2.05, 4.69) is 12.2 Å². The number of aliphatic carboxylic acids is 1. The minimum Gasteiger partial charge on any atom is -0.497 e. The monoisotopic (exact) mass is 349 g/mol. The number of methoxy groups -OCH3 is 1. The third-order valence-electron chi connectivity index (χ3n) is 4.90.